The number of carbonyl (C=O) groups is 2. The van der Waals surface area contributed by atoms with Crippen molar-refractivity contribution in [1.29, 1.82) is 0 Å². The number of rotatable bonds is 8. The molecule has 0 aliphatic heterocycles. The van der Waals surface area contributed by atoms with Crippen LogP contribution in [0.4, 0.5) is 0 Å². The van der Waals surface area contributed by atoms with Crippen molar-refractivity contribution in [2.75, 3.05) is 13.2 Å². The molecule has 0 fully saturated rings. The fourth-order valence-corrected chi connectivity index (χ4v) is 3.13. The summed E-state index contributed by atoms with van der Waals surface area (Å²) in [5.74, 6) is 0.128. The Morgan fingerprint density at radius 1 is 0.833 bits per heavy atom. The smallest absolute Gasteiger partial charge is 0.344 e. The predicted molar refractivity (Wildman–Crippen MR) is 118 cm³/mol. The van der Waals surface area contributed by atoms with E-state index in [1.807, 2.05) is 67.6 Å². The van der Waals surface area contributed by atoms with Gasteiger partial charge < -0.3 is 9.47 Å². The molecular weight excluding hydrogens is 376 g/mol. The maximum Gasteiger partial charge on any atom is 0.344 e. The highest BCUT2D eigenvalue weighted by molar-refractivity contribution is 5.98. The zero-order valence-corrected chi connectivity index (χ0v) is 17.6. The standard InChI is InChI=1S/C26H26O4/c1-18(2)23-14-9-19(3)15-25(23)29-17-26(28)30-16-24(27)22-12-10-21(11-13-22)20-7-5-4-6-8-20/h4-15,18H,16-17H2,1-3H3. The average molecular weight is 402 g/mol. The van der Waals surface area contributed by atoms with E-state index in [-0.39, 0.29) is 24.9 Å². The Bertz CT molecular complexity index is 1000. The van der Waals surface area contributed by atoms with Crippen molar-refractivity contribution in [2.24, 2.45) is 0 Å². The number of ketones is 1. The third kappa shape index (κ3) is 5.57. The molecule has 4 nitrogen and oxygen atoms in total. The van der Waals surface area contributed by atoms with Crippen LogP contribution in [0.25, 0.3) is 11.1 Å². The molecule has 0 unspecified atom stereocenters. The summed E-state index contributed by atoms with van der Waals surface area (Å²) in [7, 11) is 0. The number of Topliss-reactive ketones (excluding diaryl/α,β-unsaturated/α-hetero) is 1. The number of carbonyl (C=O) groups excluding carboxylic acids is 2. The molecule has 30 heavy (non-hydrogen) atoms. The lowest BCUT2D eigenvalue weighted by Crippen LogP contribution is -2.20. The van der Waals surface area contributed by atoms with E-state index in [0.29, 0.717) is 11.3 Å². The third-order valence-electron chi connectivity index (χ3n) is 4.81. The van der Waals surface area contributed by atoms with Crippen molar-refractivity contribution in [3.8, 4) is 16.9 Å². The monoisotopic (exact) mass is 402 g/mol. The number of esters is 1. The first-order valence-electron chi connectivity index (χ1n) is 10.0. The molecule has 0 aliphatic rings. The zero-order valence-electron chi connectivity index (χ0n) is 17.6. The summed E-state index contributed by atoms with van der Waals surface area (Å²) in [6.45, 7) is 5.56. The minimum atomic E-state index is -0.569. The predicted octanol–water partition coefficient (Wildman–Crippen LogP) is 5.59. The highest BCUT2D eigenvalue weighted by atomic mass is 16.6. The van der Waals surface area contributed by atoms with Gasteiger partial charge in [0, 0.05) is 5.56 Å². The van der Waals surface area contributed by atoms with Gasteiger partial charge >= 0.3 is 5.97 Å². The Morgan fingerprint density at radius 2 is 1.50 bits per heavy atom. The Labute approximate surface area is 177 Å². The number of ether oxygens (including phenoxy) is 2. The van der Waals surface area contributed by atoms with E-state index in [1.54, 1.807) is 12.1 Å². The van der Waals surface area contributed by atoms with Crippen LogP contribution in [0.1, 0.15) is 41.3 Å². The van der Waals surface area contributed by atoms with Gasteiger partial charge in [-0.3, -0.25) is 4.79 Å². The molecule has 3 aromatic rings. The molecule has 0 radical (unpaired) electrons. The highest BCUT2D eigenvalue weighted by Crippen LogP contribution is 2.27. The van der Waals surface area contributed by atoms with Crippen LogP contribution in [-0.2, 0) is 9.53 Å². The SMILES string of the molecule is Cc1ccc(C(C)C)c(OCC(=O)OCC(=O)c2ccc(-c3ccccc3)cc2)c1. The fraction of sp³-hybridized carbons (Fsp3) is 0.231. The van der Waals surface area contributed by atoms with Gasteiger partial charge in [0.15, 0.2) is 19.0 Å². The van der Waals surface area contributed by atoms with E-state index < -0.39 is 5.97 Å². The Hall–Kier alpha value is -3.40. The van der Waals surface area contributed by atoms with E-state index in [9.17, 15) is 9.59 Å². The van der Waals surface area contributed by atoms with Crippen molar-refractivity contribution in [2.45, 2.75) is 26.7 Å². The fourth-order valence-electron chi connectivity index (χ4n) is 3.13. The zero-order chi connectivity index (χ0) is 21.5. The van der Waals surface area contributed by atoms with Crippen molar-refractivity contribution >= 4 is 11.8 Å². The lowest BCUT2D eigenvalue weighted by Gasteiger charge is -2.14. The summed E-state index contributed by atoms with van der Waals surface area (Å²) >= 11 is 0. The molecule has 0 atom stereocenters. The van der Waals surface area contributed by atoms with Crippen LogP contribution >= 0.6 is 0 Å². The van der Waals surface area contributed by atoms with Gasteiger partial charge in [-0.05, 0) is 41.2 Å². The van der Waals surface area contributed by atoms with Crippen LogP contribution in [0, 0.1) is 6.92 Å². The quantitative estimate of drug-likeness (QED) is 0.364. The van der Waals surface area contributed by atoms with E-state index in [1.165, 1.54) is 0 Å². The molecule has 0 spiro atoms. The van der Waals surface area contributed by atoms with Gasteiger partial charge in [0.1, 0.15) is 5.75 Å². The molecular formula is C26H26O4. The Morgan fingerprint density at radius 3 is 2.17 bits per heavy atom. The van der Waals surface area contributed by atoms with E-state index in [4.69, 9.17) is 9.47 Å². The maximum absolute atomic E-state index is 12.3. The third-order valence-corrected chi connectivity index (χ3v) is 4.81. The van der Waals surface area contributed by atoms with Crippen molar-refractivity contribution in [1.82, 2.24) is 0 Å². The summed E-state index contributed by atoms with van der Waals surface area (Å²) in [5.41, 5.74) is 4.69. The first-order chi connectivity index (χ1) is 14.4. The number of aryl methyl sites for hydroxylation is 1. The molecule has 0 N–H and O–H groups in total. The lowest BCUT2D eigenvalue weighted by molar-refractivity contribution is -0.144. The number of hydrogen-bond acceptors (Lipinski definition) is 4. The molecule has 154 valence electrons. The van der Waals surface area contributed by atoms with Gasteiger partial charge in [0.05, 0.1) is 0 Å². The Balaban J connectivity index is 1.53. The second-order valence-electron chi connectivity index (χ2n) is 7.51. The molecule has 3 rings (SSSR count). The average Bonchev–Trinajstić information content (AvgIpc) is 2.76. The van der Waals surface area contributed by atoms with E-state index in [2.05, 4.69) is 13.8 Å². The van der Waals surface area contributed by atoms with Crippen molar-refractivity contribution < 1.29 is 19.1 Å². The summed E-state index contributed by atoms with van der Waals surface area (Å²) in [6, 6.07) is 23.1. The lowest BCUT2D eigenvalue weighted by atomic mass is 10.0. The second-order valence-corrected chi connectivity index (χ2v) is 7.51. The number of benzene rings is 3. The summed E-state index contributed by atoms with van der Waals surface area (Å²) in [6.07, 6.45) is 0. The summed E-state index contributed by atoms with van der Waals surface area (Å²) in [5, 5.41) is 0. The topological polar surface area (TPSA) is 52.6 Å². The van der Waals surface area contributed by atoms with Gasteiger partial charge in [0.25, 0.3) is 0 Å². The Kier molecular flexibility index (Phi) is 7.02. The van der Waals surface area contributed by atoms with Crippen molar-refractivity contribution in [3.63, 3.8) is 0 Å². The minimum Gasteiger partial charge on any atom is -0.482 e. The van der Waals surface area contributed by atoms with Crippen LogP contribution in [0.5, 0.6) is 5.75 Å². The first kappa shape index (κ1) is 21.3. The normalized spacial score (nSPS) is 10.7. The van der Waals surface area contributed by atoms with Crippen LogP contribution in [0.2, 0.25) is 0 Å². The van der Waals surface area contributed by atoms with Gasteiger partial charge in [-0.1, -0.05) is 80.6 Å². The molecule has 0 bridgehead atoms. The van der Waals surface area contributed by atoms with Gasteiger partial charge in [-0.2, -0.15) is 0 Å². The van der Waals surface area contributed by atoms with E-state index in [0.717, 1.165) is 22.3 Å². The molecule has 3 aromatic carbocycles. The molecule has 0 aliphatic carbocycles. The largest absolute Gasteiger partial charge is 0.482 e. The second kappa shape index (κ2) is 9.88. The highest BCUT2D eigenvalue weighted by Gasteiger charge is 2.13. The molecule has 0 aromatic heterocycles. The van der Waals surface area contributed by atoms with Crippen LogP contribution in [-0.4, -0.2) is 25.0 Å². The van der Waals surface area contributed by atoms with Crippen LogP contribution < -0.4 is 4.74 Å². The van der Waals surface area contributed by atoms with Gasteiger partial charge in [0.2, 0.25) is 0 Å². The molecule has 0 saturated carbocycles. The maximum atomic E-state index is 12.3. The summed E-state index contributed by atoms with van der Waals surface area (Å²) in [4.78, 5) is 24.4. The van der Waals surface area contributed by atoms with Crippen molar-refractivity contribution in [3.05, 3.63) is 89.5 Å². The molecule has 0 saturated heterocycles. The first-order valence-corrected chi connectivity index (χ1v) is 10.0. The van der Waals surface area contributed by atoms with Gasteiger partial charge in [-0.25, -0.2) is 4.79 Å². The van der Waals surface area contributed by atoms with Gasteiger partial charge in [-0.15, -0.1) is 0 Å². The molecule has 0 amide bonds. The molecule has 0 heterocycles. The minimum absolute atomic E-state index is 0.233. The van der Waals surface area contributed by atoms with E-state index >= 15 is 0 Å². The van der Waals surface area contributed by atoms with Crippen LogP contribution in [0.15, 0.2) is 72.8 Å². The summed E-state index contributed by atoms with van der Waals surface area (Å²) < 4.78 is 10.8. The molecule has 4 heteroatoms. The number of hydrogen-bond donors (Lipinski definition) is 0. The van der Waals surface area contributed by atoms with Crippen LogP contribution in [0.3, 0.4) is 0 Å².